The first-order chi connectivity index (χ1) is 8.18. The number of hydrogen-bond donors (Lipinski definition) is 0. The van der Waals surface area contributed by atoms with Crippen molar-refractivity contribution < 1.29 is 0 Å². The van der Waals surface area contributed by atoms with Crippen molar-refractivity contribution in [3.63, 3.8) is 0 Å². The Bertz CT molecular complexity index is 464. The van der Waals surface area contributed by atoms with Gasteiger partial charge in [-0.2, -0.15) is 0 Å². The molecule has 0 spiro atoms. The first kappa shape index (κ1) is 12.0. The van der Waals surface area contributed by atoms with E-state index in [4.69, 9.17) is 11.8 Å². The van der Waals surface area contributed by atoms with Crippen LogP contribution in [0.15, 0.2) is 54.6 Å². The third-order valence-corrected chi connectivity index (χ3v) is 3.39. The minimum atomic E-state index is 0.153. The van der Waals surface area contributed by atoms with E-state index in [9.17, 15) is 0 Å². The van der Waals surface area contributed by atoms with E-state index in [1.807, 2.05) is 30.3 Å². The predicted molar refractivity (Wildman–Crippen MR) is 74.4 cm³/mol. The molecule has 2 heteroatoms. The Hall–Kier alpha value is -1.47. The number of aryl methyl sites for hydroxylation is 1. The normalized spacial score (nSPS) is 12.2. The average Bonchev–Trinajstić information content (AvgIpc) is 2.39. The molecule has 17 heavy (non-hydrogen) atoms. The van der Waals surface area contributed by atoms with Crippen LogP contribution in [0.25, 0.3) is 0 Å². The Morgan fingerprint density at radius 3 is 2.12 bits per heavy atom. The molecule has 0 aliphatic heterocycles. The number of rotatable bonds is 3. The van der Waals surface area contributed by atoms with Gasteiger partial charge in [0, 0.05) is 11.8 Å². The summed E-state index contributed by atoms with van der Waals surface area (Å²) in [7, 11) is 0. The van der Waals surface area contributed by atoms with Gasteiger partial charge >= 0.3 is 0 Å². The van der Waals surface area contributed by atoms with Crippen LogP contribution in [-0.2, 0) is 0 Å². The van der Waals surface area contributed by atoms with Gasteiger partial charge in [0.2, 0.25) is 0 Å². The standard InChI is InChI=1S/C15H16ClN/c1-12-8-10-15(11-9-12)17(16)13(2)14-6-4-3-5-7-14/h3-11,13H,1-2H3. The molecule has 0 N–H and O–H groups in total. The van der Waals surface area contributed by atoms with Gasteiger partial charge in [0.15, 0.2) is 0 Å². The molecule has 0 heterocycles. The Balaban J connectivity index is 2.20. The molecule has 1 nitrogen and oxygen atoms in total. The number of benzene rings is 2. The first-order valence-electron chi connectivity index (χ1n) is 5.75. The minimum absolute atomic E-state index is 0.153. The van der Waals surface area contributed by atoms with E-state index in [1.54, 1.807) is 4.42 Å². The van der Waals surface area contributed by atoms with Gasteiger partial charge in [-0.3, -0.25) is 4.42 Å². The maximum absolute atomic E-state index is 6.38. The van der Waals surface area contributed by atoms with Crippen molar-refractivity contribution >= 4 is 17.5 Å². The van der Waals surface area contributed by atoms with E-state index >= 15 is 0 Å². The highest BCUT2D eigenvalue weighted by Gasteiger charge is 2.13. The molecule has 2 aromatic rings. The third-order valence-electron chi connectivity index (χ3n) is 2.90. The smallest absolute Gasteiger partial charge is 0.0681 e. The summed E-state index contributed by atoms with van der Waals surface area (Å²) in [6, 6.07) is 18.6. The van der Waals surface area contributed by atoms with Crippen molar-refractivity contribution in [1.82, 2.24) is 0 Å². The summed E-state index contributed by atoms with van der Waals surface area (Å²) < 4.78 is 1.77. The molecular weight excluding hydrogens is 230 g/mol. The highest BCUT2D eigenvalue weighted by Crippen LogP contribution is 2.28. The molecule has 0 saturated carbocycles. The summed E-state index contributed by atoms with van der Waals surface area (Å²) in [5, 5.41) is 0. The Morgan fingerprint density at radius 1 is 0.941 bits per heavy atom. The summed E-state index contributed by atoms with van der Waals surface area (Å²) >= 11 is 6.38. The molecule has 0 saturated heterocycles. The lowest BCUT2D eigenvalue weighted by atomic mass is 10.1. The van der Waals surface area contributed by atoms with Crippen LogP contribution in [0.1, 0.15) is 24.1 Å². The summed E-state index contributed by atoms with van der Waals surface area (Å²) in [5.41, 5.74) is 3.47. The third kappa shape index (κ3) is 2.80. The predicted octanol–water partition coefficient (Wildman–Crippen LogP) is 4.72. The first-order valence-corrected chi connectivity index (χ1v) is 6.09. The van der Waals surface area contributed by atoms with E-state index < -0.39 is 0 Å². The highest BCUT2D eigenvalue weighted by molar-refractivity contribution is 6.25. The molecule has 2 rings (SSSR count). The molecule has 1 unspecified atom stereocenters. The summed E-state index contributed by atoms with van der Waals surface area (Å²) in [5.74, 6) is 0. The average molecular weight is 246 g/mol. The van der Waals surface area contributed by atoms with Crippen LogP contribution in [0.4, 0.5) is 5.69 Å². The minimum Gasteiger partial charge on any atom is -0.278 e. The van der Waals surface area contributed by atoms with Crippen molar-refractivity contribution in [2.45, 2.75) is 19.9 Å². The Morgan fingerprint density at radius 2 is 1.53 bits per heavy atom. The van der Waals surface area contributed by atoms with E-state index in [0.717, 1.165) is 5.69 Å². The van der Waals surface area contributed by atoms with Crippen LogP contribution in [0.3, 0.4) is 0 Å². The maximum Gasteiger partial charge on any atom is 0.0681 e. The second kappa shape index (κ2) is 5.24. The quantitative estimate of drug-likeness (QED) is 0.708. The van der Waals surface area contributed by atoms with Crippen molar-refractivity contribution in [1.29, 1.82) is 0 Å². The van der Waals surface area contributed by atoms with Gasteiger partial charge in [-0.05, 0) is 31.5 Å². The highest BCUT2D eigenvalue weighted by atomic mass is 35.5. The van der Waals surface area contributed by atoms with Gasteiger partial charge in [0.1, 0.15) is 0 Å². The number of hydrogen-bond acceptors (Lipinski definition) is 1. The van der Waals surface area contributed by atoms with Gasteiger partial charge < -0.3 is 0 Å². The molecule has 0 bridgehead atoms. The van der Waals surface area contributed by atoms with Crippen molar-refractivity contribution in [2.24, 2.45) is 0 Å². The summed E-state index contributed by atoms with van der Waals surface area (Å²) in [4.78, 5) is 0. The van der Waals surface area contributed by atoms with E-state index in [0.29, 0.717) is 0 Å². The van der Waals surface area contributed by atoms with Gasteiger partial charge in [-0.15, -0.1) is 0 Å². The van der Waals surface area contributed by atoms with Crippen molar-refractivity contribution in [2.75, 3.05) is 4.42 Å². The zero-order valence-corrected chi connectivity index (χ0v) is 10.9. The molecule has 1 atom stereocenters. The zero-order valence-electron chi connectivity index (χ0n) is 10.1. The van der Waals surface area contributed by atoms with Crippen LogP contribution in [0.2, 0.25) is 0 Å². The molecule has 0 aromatic heterocycles. The summed E-state index contributed by atoms with van der Waals surface area (Å²) in [6.07, 6.45) is 0. The molecule has 0 aliphatic carbocycles. The lowest BCUT2D eigenvalue weighted by molar-refractivity contribution is 0.814. The van der Waals surface area contributed by atoms with Gasteiger partial charge in [0.05, 0.1) is 11.7 Å². The van der Waals surface area contributed by atoms with E-state index in [2.05, 4.69) is 38.1 Å². The van der Waals surface area contributed by atoms with Crippen molar-refractivity contribution in [3.8, 4) is 0 Å². The van der Waals surface area contributed by atoms with Gasteiger partial charge in [-0.1, -0.05) is 48.0 Å². The molecule has 0 amide bonds. The second-order valence-electron chi connectivity index (χ2n) is 4.23. The van der Waals surface area contributed by atoms with Gasteiger partial charge in [0.25, 0.3) is 0 Å². The molecule has 2 aromatic carbocycles. The van der Waals surface area contributed by atoms with Crippen LogP contribution in [-0.4, -0.2) is 0 Å². The number of anilines is 1. The maximum atomic E-state index is 6.38. The molecule has 0 fully saturated rings. The number of nitrogens with zero attached hydrogens (tertiary/aromatic N) is 1. The molecule has 0 radical (unpaired) electrons. The van der Waals surface area contributed by atoms with Gasteiger partial charge in [-0.25, -0.2) is 0 Å². The lowest BCUT2D eigenvalue weighted by Gasteiger charge is -2.24. The monoisotopic (exact) mass is 245 g/mol. The van der Waals surface area contributed by atoms with Crippen LogP contribution >= 0.6 is 11.8 Å². The largest absolute Gasteiger partial charge is 0.278 e. The second-order valence-corrected chi connectivity index (χ2v) is 4.60. The van der Waals surface area contributed by atoms with E-state index in [-0.39, 0.29) is 6.04 Å². The summed E-state index contributed by atoms with van der Waals surface area (Å²) in [6.45, 7) is 4.17. The molecule has 88 valence electrons. The van der Waals surface area contributed by atoms with Crippen LogP contribution in [0, 0.1) is 6.92 Å². The molecule has 0 aliphatic rings. The number of halogens is 1. The van der Waals surface area contributed by atoms with E-state index in [1.165, 1.54) is 11.1 Å². The topological polar surface area (TPSA) is 3.24 Å². The fraction of sp³-hybridized carbons (Fsp3) is 0.200. The Labute approximate surface area is 108 Å². The van der Waals surface area contributed by atoms with Crippen LogP contribution < -0.4 is 4.42 Å². The lowest BCUT2D eigenvalue weighted by Crippen LogP contribution is -2.15. The zero-order chi connectivity index (χ0) is 12.3. The Kier molecular flexibility index (Phi) is 3.70. The SMILES string of the molecule is Cc1ccc(N(Cl)C(C)c2ccccc2)cc1. The fourth-order valence-corrected chi connectivity index (χ4v) is 2.00. The van der Waals surface area contributed by atoms with Crippen LogP contribution in [0.5, 0.6) is 0 Å². The molecular formula is C15H16ClN. The fourth-order valence-electron chi connectivity index (χ4n) is 1.77. The van der Waals surface area contributed by atoms with Crippen molar-refractivity contribution in [3.05, 3.63) is 65.7 Å².